The molecule has 0 aliphatic heterocycles. The van der Waals surface area contributed by atoms with Crippen LogP contribution in [0.3, 0.4) is 0 Å². The standard InChI is InChI=1S/C13H13O2S/c1-16(14,15)13(10-6-3-7-11-13)12-8-4-2-5-9-12/h2-11H,1H3. The molecule has 16 heavy (non-hydrogen) atoms. The molecule has 1 aromatic carbocycles. The number of benzene rings is 1. The average Bonchev–Trinajstić information content (AvgIpc) is 2.30. The summed E-state index contributed by atoms with van der Waals surface area (Å²) in [6, 6.07) is 9.24. The van der Waals surface area contributed by atoms with Gasteiger partial charge in [-0.05, 0) is 5.56 Å². The fraction of sp³-hybridized carbons (Fsp3) is 0.154. The summed E-state index contributed by atoms with van der Waals surface area (Å²) in [4.78, 5) is 0. The van der Waals surface area contributed by atoms with Crippen molar-refractivity contribution in [2.24, 2.45) is 0 Å². The van der Waals surface area contributed by atoms with E-state index in [9.17, 15) is 8.42 Å². The Morgan fingerprint density at radius 2 is 1.69 bits per heavy atom. The van der Waals surface area contributed by atoms with Crippen molar-refractivity contribution in [3.8, 4) is 0 Å². The Hall–Kier alpha value is -1.35. The Labute approximate surface area is 96.2 Å². The van der Waals surface area contributed by atoms with Gasteiger partial charge >= 0.3 is 0 Å². The molecule has 83 valence electrons. The first-order valence-electron chi connectivity index (χ1n) is 5.02. The number of hydrogen-bond acceptors (Lipinski definition) is 2. The van der Waals surface area contributed by atoms with E-state index in [0.29, 0.717) is 0 Å². The van der Waals surface area contributed by atoms with Gasteiger partial charge in [0.1, 0.15) is 4.75 Å². The van der Waals surface area contributed by atoms with Crippen molar-refractivity contribution in [2.75, 3.05) is 6.26 Å². The molecule has 0 N–H and O–H groups in total. The van der Waals surface area contributed by atoms with Gasteiger partial charge in [0, 0.05) is 12.7 Å². The van der Waals surface area contributed by atoms with E-state index in [1.807, 2.05) is 36.4 Å². The van der Waals surface area contributed by atoms with E-state index in [1.54, 1.807) is 24.6 Å². The van der Waals surface area contributed by atoms with Crippen LogP contribution in [0, 0.1) is 6.42 Å². The van der Waals surface area contributed by atoms with Crippen LogP contribution in [0.5, 0.6) is 0 Å². The lowest BCUT2D eigenvalue weighted by molar-refractivity contribution is 0.580. The largest absolute Gasteiger partial charge is 0.228 e. The molecule has 1 unspecified atom stereocenters. The highest BCUT2D eigenvalue weighted by Gasteiger charge is 2.39. The second-order valence-corrected chi connectivity index (χ2v) is 6.06. The van der Waals surface area contributed by atoms with E-state index in [2.05, 4.69) is 0 Å². The molecule has 1 aromatic rings. The molecule has 1 atom stereocenters. The van der Waals surface area contributed by atoms with E-state index in [0.717, 1.165) is 5.56 Å². The summed E-state index contributed by atoms with van der Waals surface area (Å²) in [5, 5.41) is 0. The lowest BCUT2D eigenvalue weighted by Gasteiger charge is -2.29. The average molecular weight is 233 g/mol. The minimum Gasteiger partial charge on any atom is -0.228 e. The molecule has 1 aliphatic carbocycles. The number of hydrogen-bond donors (Lipinski definition) is 0. The third kappa shape index (κ3) is 1.71. The number of rotatable bonds is 2. The highest BCUT2D eigenvalue weighted by atomic mass is 32.2. The normalized spacial score (nSPS) is 24.6. The van der Waals surface area contributed by atoms with Crippen LogP contribution in [-0.4, -0.2) is 14.7 Å². The van der Waals surface area contributed by atoms with Crippen LogP contribution in [0.15, 0.2) is 54.6 Å². The van der Waals surface area contributed by atoms with Gasteiger partial charge in [0.15, 0.2) is 9.84 Å². The van der Waals surface area contributed by atoms with Crippen molar-refractivity contribution in [1.29, 1.82) is 0 Å². The molecule has 1 aliphatic rings. The molecule has 0 heterocycles. The highest BCUT2D eigenvalue weighted by molar-refractivity contribution is 7.92. The van der Waals surface area contributed by atoms with E-state index < -0.39 is 14.6 Å². The zero-order valence-electron chi connectivity index (χ0n) is 9.00. The zero-order chi connectivity index (χ0) is 11.6. The van der Waals surface area contributed by atoms with Gasteiger partial charge < -0.3 is 0 Å². The van der Waals surface area contributed by atoms with Gasteiger partial charge in [-0.3, -0.25) is 0 Å². The Morgan fingerprint density at radius 3 is 2.19 bits per heavy atom. The fourth-order valence-corrected chi connectivity index (χ4v) is 3.08. The summed E-state index contributed by atoms with van der Waals surface area (Å²) in [6.45, 7) is 0. The van der Waals surface area contributed by atoms with Crippen molar-refractivity contribution in [3.63, 3.8) is 0 Å². The SMILES string of the molecule is CS(=O)(=O)C1(c2ccccc2)[CH]C=CC=C1. The van der Waals surface area contributed by atoms with Crippen LogP contribution in [0.2, 0.25) is 0 Å². The molecule has 3 heteroatoms. The lowest BCUT2D eigenvalue weighted by atomic mass is 9.91. The molecule has 2 nitrogen and oxygen atoms in total. The molecular weight excluding hydrogens is 220 g/mol. The molecule has 0 saturated heterocycles. The quantitative estimate of drug-likeness (QED) is 0.785. The molecule has 0 spiro atoms. The molecule has 0 amide bonds. The highest BCUT2D eigenvalue weighted by Crippen LogP contribution is 2.36. The minimum absolute atomic E-state index is 0.776. The van der Waals surface area contributed by atoms with E-state index in [-0.39, 0.29) is 0 Å². The maximum atomic E-state index is 12.0. The van der Waals surface area contributed by atoms with Gasteiger partial charge in [0.2, 0.25) is 0 Å². The minimum atomic E-state index is -3.23. The molecule has 0 fully saturated rings. The third-order valence-corrected chi connectivity index (χ3v) is 4.48. The summed E-state index contributed by atoms with van der Waals surface area (Å²) in [6.07, 6.45) is 10.1. The Kier molecular flexibility index (Phi) is 2.72. The van der Waals surface area contributed by atoms with Gasteiger partial charge in [-0.25, -0.2) is 8.42 Å². The van der Waals surface area contributed by atoms with Crippen LogP contribution in [0.1, 0.15) is 5.56 Å². The van der Waals surface area contributed by atoms with Gasteiger partial charge in [-0.2, -0.15) is 0 Å². The van der Waals surface area contributed by atoms with Crippen molar-refractivity contribution >= 4 is 9.84 Å². The first kappa shape index (κ1) is 11.1. The van der Waals surface area contributed by atoms with Gasteiger partial charge in [-0.1, -0.05) is 54.6 Å². The van der Waals surface area contributed by atoms with Gasteiger partial charge in [0.05, 0.1) is 0 Å². The maximum Gasteiger partial charge on any atom is 0.161 e. The molecule has 1 radical (unpaired) electrons. The monoisotopic (exact) mass is 233 g/mol. The van der Waals surface area contributed by atoms with Crippen LogP contribution >= 0.6 is 0 Å². The first-order chi connectivity index (χ1) is 7.56. The Balaban J connectivity index is 2.62. The molecule has 0 aromatic heterocycles. The lowest BCUT2D eigenvalue weighted by Crippen LogP contribution is -2.34. The molecular formula is C13H13O2S. The second-order valence-electron chi connectivity index (χ2n) is 3.84. The Morgan fingerprint density at radius 1 is 1.00 bits per heavy atom. The molecule has 2 rings (SSSR count). The summed E-state index contributed by atoms with van der Waals surface area (Å²) >= 11 is 0. The van der Waals surface area contributed by atoms with Crippen molar-refractivity contribution in [1.82, 2.24) is 0 Å². The predicted molar refractivity (Wildman–Crippen MR) is 65.5 cm³/mol. The first-order valence-corrected chi connectivity index (χ1v) is 6.91. The summed E-state index contributed by atoms with van der Waals surface area (Å²) in [5.74, 6) is 0. The summed E-state index contributed by atoms with van der Waals surface area (Å²) in [7, 11) is -3.23. The van der Waals surface area contributed by atoms with E-state index in [4.69, 9.17) is 0 Å². The summed E-state index contributed by atoms with van der Waals surface area (Å²) in [5.41, 5.74) is 0.776. The smallest absolute Gasteiger partial charge is 0.161 e. The predicted octanol–water partition coefficient (Wildman–Crippen LogP) is 2.26. The number of allylic oxidation sites excluding steroid dienone is 3. The van der Waals surface area contributed by atoms with Crippen molar-refractivity contribution in [2.45, 2.75) is 4.75 Å². The Bertz CT molecular complexity index is 526. The van der Waals surface area contributed by atoms with E-state index in [1.165, 1.54) is 6.26 Å². The van der Waals surface area contributed by atoms with Crippen LogP contribution in [0.4, 0.5) is 0 Å². The van der Waals surface area contributed by atoms with Gasteiger partial charge in [-0.15, -0.1) is 0 Å². The van der Waals surface area contributed by atoms with Gasteiger partial charge in [0.25, 0.3) is 0 Å². The molecule has 0 saturated carbocycles. The van der Waals surface area contributed by atoms with Crippen LogP contribution < -0.4 is 0 Å². The maximum absolute atomic E-state index is 12.0. The van der Waals surface area contributed by atoms with Crippen LogP contribution in [0.25, 0.3) is 0 Å². The number of sulfone groups is 1. The topological polar surface area (TPSA) is 34.1 Å². The molecule has 0 bridgehead atoms. The third-order valence-electron chi connectivity index (χ3n) is 2.75. The zero-order valence-corrected chi connectivity index (χ0v) is 9.81. The van der Waals surface area contributed by atoms with Crippen molar-refractivity contribution in [3.05, 3.63) is 66.6 Å². The van der Waals surface area contributed by atoms with E-state index >= 15 is 0 Å². The fourth-order valence-electron chi connectivity index (χ4n) is 1.87. The second kappa shape index (κ2) is 3.91. The van der Waals surface area contributed by atoms with Crippen LogP contribution in [-0.2, 0) is 14.6 Å². The van der Waals surface area contributed by atoms with Crippen molar-refractivity contribution < 1.29 is 8.42 Å². The summed E-state index contributed by atoms with van der Waals surface area (Å²) < 4.78 is 23.0.